The standard InChI is InChI=1S/C14H31N3/c1-6-7-15-14(12(2)3)11-17-9-8-16(5)10-13(17)4/h12-15H,6-11H2,1-5H3. The lowest BCUT2D eigenvalue weighted by molar-refractivity contribution is 0.0844. The second-order valence-corrected chi connectivity index (χ2v) is 5.91. The van der Waals surface area contributed by atoms with Crippen LogP contribution >= 0.6 is 0 Å². The number of likely N-dealkylation sites (N-methyl/N-ethyl adjacent to an activating group) is 1. The number of rotatable bonds is 6. The predicted molar refractivity (Wildman–Crippen MR) is 75.5 cm³/mol. The summed E-state index contributed by atoms with van der Waals surface area (Å²) in [6.45, 7) is 15.2. The Hall–Kier alpha value is -0.120. The van der Waals surface area contributed by atoms with Crippen LogP contribution in [0.5, 0.6) is 0 Å². The lowest BCUT2D eigenvalue weighted by Crippen LogP contribution is -2.55. The van der Waals surface area contributed by atoms with Crippen LogP contribution < -0.4 is 5.32 Å². The Bertz CT molecular complexity index is 204. The first-order valence-electron chi connectivity index (χ1n) is 7.20. The smallest absolute Gasteiger partial charge is 0.0218 e. The summed E-state index contributed by atoms with van der Waals surface area (Å²) in [5, 5.41) is 3.69. The van der Waals surface area contributed by atoms with Gasteiger partial charge in [-0.2, -0.15) is 0 Å². The molecule has 1 aliphatic heterocycles. The number of hydrogen-bond donors (Lipinski definition) is 1. The minimum Gasteiger partial charge on any atom is -0.312 e. The van der Waals surface area contributed by atoms with Crippen molar-refractivity contribution in [1.82, 2.24) is 15.1 Å². The molecule has 17 heavy (non-hydrogen) atoms. The van der Waals surface area contributed by atoms with Crippen molar-refractivity contribution in [3.8, 4) is 0 Å². The molecule has 0 radical (unpaired) electrons. The van der Waals surface area contributed by atoms with Crippen LogP contribution in [0.2, 0.25) is 0 Å². The summed E-state index contributed by atoms with van der Waals surface area (Å²) in [5.74, 6) is 0.716. The predicted octanol–water partition coefficient (Wildman–Crippen LogP) is 1.65. The molecule has 1 aliphatic rings. The molecule has 2 unspecified atom stereocenters. The maximum atomic E-state index is 3.69. The normalized spacial score (nSPS) is 25.4. The molecule has 3 heteroatoms. The second-order valence-electron chi connectivity index (χ2n) is 5.91. The van der Waals surface area contributed by atoms with Gasteiger partial charge in [0.25, 0.3) is 0 Å². The topological polar surface area (TPSA) is 18.5 Å². The monoisotopic (exact) mass is 241 g/mol. The maximum Gasteiger partial charge on any atom is 0.0218 e. The Morgan fingerprint density at radius 3 is 2.53 bits per heavy atom. The maximum absolute atomic E-state index is 3.69. The minimum absolute atomic E-state index is 0.640. The molecule has 0 bridgehead atoms. The molecule has 1 rings (SSSR count). The van der Waals surface area contributed by atoms with Gasteiger partial charge in [0.2, 0.25) is 0 Å². The molecule has 0 spiro atoms. The van der Waals surface area contributed by atoms with Crippen molar-refractivity contribution in [3.63, 3.8) is 0 Å². The van der Waals surface area contributed by atoms with Gasteiger partial charge in [0.1, 0.15) is 0 Å². The van der Waals surface area contributed by atoms with Crippen LogP contribution in [0.25, 0.3) is 0 Å². The molecular formula is C14H31N3. The van der Waals surface area contributed by atoms with Gasteiger partial charge in [-0.15, -0.1) is 0 Å². The molecule has 3 nitrogen and oxygen atoms in total. The van der Waals surface area contributed by atoms with Crippen LogP contribution in [0, 0.1) is 5.92 Å². The van der Waals surface area contributed by atoms with E-state index < -0.39 is 0 Å². The summed E-state index contributed by atoms with van der Waals surface area (Å²) >= 11 is 0. The van der Waals surface area contributed by atoms with E-state index in [4.69, 9.17) is 0 Å². The highest BCUT2D eigenvalue weighted by atomic mass is 15.3. The zero-order valence-electron chi connectivity index (χ0n) is 12.4. The van der Waals surface area contributed by atoms with Crippen molar-refractivity contribution < 1.29 is 0 Å². The molecule has 0 aromatic rings. The third-order valence-corrected chi connectivity index (χ3v) is 3.86. The zero-order chi connectivity index (χ0) is 12.8. The van der Waals surface area contributed by atoms with E-state index in [1.165, 1.54) is 32.6 Å². The summed E-state index contributed by atoms with van der Waals surface area (Å²) in [6.07, 6.45) is 1.22. The fraction of sp³-hybridized carbons (Fsp3) is 1.00. The van der Waals surface area contributed by atoms with E-state index >= 15 is 0 Å². The van der Waals surface area contributed by atoms with Gasteiger partial charge in [-0.05, 0) is 32.9 Å². The highest BCUT2D eigenvalue weighted by molar-refractivity contribution is 4.82. The van der Waals surface area contributed by atoms with Crippen LogP contribution in [-0.4, -0.2) is 61.7 Å². The van der Waals surface area contributed by atoms with Gasteiger partial charge < -0.3 is 10.2 Å². The SMILES string of the molecule is CCCNC(CN1CCN(C)CC1C)C(C)C. The summed E-state index contributed by atoms with van der Waals surface area (Å²) < 4.78 is 0. The number of nitrogens with zero attached hydrogens (tertiary/aromatic N) is 2. The number of piperazine rings is 1. The van der Waals surface area contributed by atoms with E-state index in [2.05, 4.69) is 49.9 Å². The van der Waals surface area contributed by atoms with Crippen LogP contribution in [0.4, 0.5) is 0 Å². The molecular weight excluding hydrogens is 210 g/mol. The molecule has 0 aromatic carbocycles. The van der Waals surface area contributed by atoms with Crippen molar-refractivity contribution in [2.24, 2.45) is 5.92 Å². The molecule has 0 saturated carbocycles. The Balaban J connectivity index is 2.43. The largest absolute Gasteiger partial charge is 0.312 e. The van der Waals surface area contributed by atoms with Gasteiger partial charge in [0.05, 0.1) is 0 Å². The molecule has 2 atom stereocenters. The average molecular weight is 241 g/mol. The summed E-state index contributed by atoms with van der Waals surface area (Å²) in [5.41, 5.74) is 0. The van der Waals surface area contributed by atoms with Crippen molar-refractivity contribution in [1.29, 1.82) is 0 Å². The van der Waals surface area contributed by atoms with E-state index in [9.17, 15) is 0 Å². The lowest BCUT2D eigenvalue weighted by Gasteiger charge is -2.40. The molecule has 1 fully saturated rings. The Morgan fingerprint density at radius 2 is 2.00 bits per heavy atom. The van der Waals surface area contributed by atoms with Gasteiger partial charge in [-0.3, -0.25) is 4.90 Å². The molecule has 0 aromatic heterocycles. The fourth-order valence-electron chi connectivity index (χ4n) is 2.54. The zero-order valence-corrected chi connectivity index (χ0v) is 12.4. The fourth-order valence-corrected chi connectivity index (χ4v) is 2.54. The Labute approximate surface area is 108 Å². The van der Waals surface area contributed by atoms with Gasteiger partial charge >= 0.3 is 0 Å². The van der Waals surface area contributed by atoms with E-state index in [1.54, 1.807) is 0 Å². The van der Waals surface area contributed by atoms with Crippen LogP contribution in [0.1, 0.15) is 34.1 Å². The number of nitrogens with one attached hydrogen (secondary N) is 1. The first-order valence-corrected chi connectivity index (χ1v) is 7.20. The van der Waals surface area contributed by atoms with E-state index in [1.807, 2.05) is 0 Å². The third kappa shape index (κ3) is 4.94. The summed E-state index contributed by atoms with van der Waals surface area (Å²) in [6, 6.07) is 1.33. The third-order valence-electron chi connectivity index (χ3n) is 3.86. The van der Waals surface area contributed by atoms with E-state index in [-0.39, 0.29) is 0 Å². The first-order chi connectivity index (χ1) is 8.04. The lowest BCUT2D eigenvalue weighted by atomic mass is 10.0. The van der Waals surface area contributed by atoms with Crippen molar-refractivity contribution >= 4 is 0 Å². The molecule has 1 saturated heterocycles. The minimum atomic E-state index is 0.640. The number of hydrogen-bond acceptors (Lipinski definition) is 3. The van der Waals surface area contributed by atoms with Crippen LogP contribution in [0.15, 0.2) is 0 Å². The van der Waals surface area contributed by atoms with E-state index in [0.717, 1.165) is 6.54 Å². The molecule has 0 aliphatic carbocycles. The van der Waals surface area contributed by atoms with Crippen molar-refractivity contribution in [3.05, 3.63) is 0 Å². The van der Waals surface area contributed by atoms with Crippen molar-refractivity contribution in [2.45, 2.75) is 46.2 Å². The van der Waals surface area contributed by atoms with Gasteiger partial charge in [-0.25, -0.2) is 0 Å². The van der Waals surface area contributed by atoms with Gasteiger partial charge in [-0.1, -0.05) is 20.8 Å². The Morgan fingerprint density at radius 1 is 1.29 bits per heavy atom. The molecule has 1 heterocycles. The van der Waals surface area contributed by atoms with Crippen LogP contribution in [-0.2, 0) is 0 Å². The average Bonchev–Trinajstić information content (AvgIpc) is 2.26. The Kier molecular flexibility index (Phi) is 6.45. The second kappa shape index (κ2) is 7.34. The van der Waals surface area contributed by atoms with E-state index in [0.29, 0.717) is 18.0 Å². The quantitative estimate of drug-likeness (QED) is 0.763. The molecule has 0 amide bonds. The van der Waals surface area contributed by atoms with Crippen molar-refractivity contribution in [2.75, 3.05) is 39.8 Å². The molecule has 102 valence electrons. The van der Waals surface area contributed by atoms with Crippen LogP contribution in [0.3, 0.4) is 0 Å². The van der Waals surface area contributed by atoms with Gasteiger partial charge in [0.15, 0.2) is 0 Å². The summed E-state index contributed by atoms with van der Waals surface area (Å²) in [4.78, 5) is 5.08. The first kappa shape index (κ1) is 14.9. The highest BCUT2D eigenvalue weighted by Gasteiger charge is 2.24. The summed E-state index contributed by atoms with van der Waals surface area (Å²) in [7, 11) is 2.23. The highest BCUT2D eigenvalue weighted by Crippen LogP contribution is 2.11. The van der Waals surface area contributed by atoms with Gasteiger partial charge in [0, 0.05) is 38.3 Å². The molecule has 1 N–H and O–H groups in total.